The van der Waals surface area contributed by atoms with Crippen molar-refractivity contribution in [2.75, 3.05) is 11.9 Å². The second-order valence-electron chi connectivity index (χ2n) is 3.98. The summed E-state index contributed by atoms with van der Waals surface area (Å²) in [6.45, 7) is 0.295. The normalized spacial score (nSPS) is 9.45. The summed E-state index contributed by atoms with van der Waals surface area (Å²) in [6, 6.07) is 8.92. The van der Waals surface area contributed by atoms with Crippen molar-refractivity contribution < 1.29 is 4.79 Å². The molecule has 0 atom stereocenters. The number of aromatic nitrogens is 2. The molecule has 20 heavy (non-hydrogen) atoms. The first-order valence-corrected chi connectivity index (χ1v) is 6.12. The Hall–Kier alpha value is -2.71. The average Bonchev–Trinajstić information content (AvgIpc) is 2.46. The van der Waals surface area contributed by atoms with Crippen molar-refractivity contribution in [1.29, 1.82) is 0 Å². The summed E-state index contributed by atoms with van der Waals surface area (Å²) in [6.07, 6.45) is 3.46. The fourth-order valence-corrected chi connectivity index (χ4v) is 1.58. The van der Waals surface area contributed by atoms with Gasteiger partial charge in [-0.15, -0.1) is 0 Å². The van der Waals surface area contributed by atoms with Gasteiger partial charge in [-0.1, -0.05) is 17.9 Å². The number of nitrogens with one attached hydrogen (secondary N) is 1. The monoisotopic (exact) mass is 266 g/mol. The smallest absolute Gasteiger partial charge is 0.231 e. The fourth-order valence-electron chi connectivity index (χ4n) is 1.58. The van der Waals surface area contributed by atoms with Crippen molar-refractivity contribution in [2.24, 2.45) is 5.73 Å². The van der Waals surface area contributed by atoms with E-state index < -0.39 is 0 Å². The maximum Gasteiger partial charge on any atom is 0.231 e. The average molecular weight is 266 g/mol. The van der Waals surface area contributed by atoms with Gasteiger partial charge in [0, 0.05) is 23.7 Å². The molecule has 1 amide bonds. The van der Waals surface area contributed by atoms with Gasteiger partial charge < -0.3 is 11.1 Å². The maximum absolute atomic E-state index is 11.9. The highest BCUT2D eigenvalue weighted by atomic mass is 16.1. The minimum atomic E-state index is -0.167. The summed E-state index contributed by atoms with van der Waals surface area (Å²) in [4.78, 5) is 20.0. The molecule has 2 rings (SSSR count). The number of hydrogen-bond acceptors (Lipinski definition) is 4. The number of anilines is 1. The predicted molar refractivity (Wildman–Crippen MR) is 76.7 cm³/mol. The van der Waals surface area contributed by atoms with E-state index in [-0.39, 0.29) is 12.3 Å². The SMILES string of the molecule is NCC#Cc1ccnc(NC(=O)Cc2ccccn2)c1. The van der Waals surface area contributed by atoms with Crippen molar-refractivity contribution in [3.63, 3.8) is 0 Å². The summed E-state index contributed by atoms with van der Waals surface area (Å²) in [7, 11) is 0. The van der Waals surface area contributed by atoms with Gasteiger partial charge in [-0.2, -0.15) is 0 Å². The van der Waals surface area contributed by atoms with Crippen LogP contribution in [0.5, 0.6) is 0 Å². The summed E-state index contributed by atoms with van der Waals surface area (Å²) >= 11 is 0. The minimum Gasteiger partial charge on any atom is -0.320 e. The van der Waals surface area contributed by atoms with E-state index in [4.69, 9.17) is 5.73 Å². The van der Waals surface area contributed by atoms with E-state index in [2.05, 4.69) is 27.1 Å². The van der Waals surface area contributed by atoms with Gasteiger partial charge >= 0.3 is 0 Å². The van der Waals surface area contributed by atoms with Gasteiger partial charge in [-0.3, -0.25) is 9.78 Å². The van der Waals surface area contributed by atoms with Crippen LogP contribution in [-0.2, 0) is 11.2 Å². The molecule has 2 aromatic rings. The maximum atomic E-state index is 11.9. The first kappa shape index (κ1) is 13.7. The molecule has 0 aromatic carbocycles. The molecule has 0 radical (unpaired) electrons. The molecule has 5 nitrogen and oxygen atoms in total. The number of amides is 1. The summed E-state index contributed by atoms with van der Waals surface area (Å²) in [5.41, 5.74) is 6.79. The number of carbonyl (C=O) groups excluding carboxylic acids is 1. The third-order valence-electron chi connectivity index (χ3n) is 2.43. The van der Waals surface area contributed by atoms with Gasteiger partial charge in [0.05, 0.1) is 13.0 Å². The topological polar surface area (TPSA) is 80.9 Å². The minimum absolute atomic E-state index is 0.167. The molecule has 5 heteroatoms. The molecule has 2 heterocycles. The molecular weight excluding hydrogens is 252 g/mol. The van der Waals surface area contributed by atoms with Crippen LogP contribution in [0.1, 0.15) is 11.3 Å². The molecule has 0 fully saturated rings. The highest BCUT2D eigenvalue weighted by molar-refractivity contribution is 5.91. The molecular formula is C15H14N4O. The lowest BCUT2D eigenvalue weighted by molar-refractivity contribution is -0.115. The zero-order chi connectivity index (χ0) is 14.2. The second kappa shape index (κ2) is 7.02. The van der Waals surface area contributed by atoms with Crippen LogP contribution >= 0.6 is 0 Å². The van der Waals surface area contributed by atoms with Crippen molar-refractivity contribution in [2.45, 2.75) is 6.42 Å². The number of pyridine rings is 2. The molecule has 2 aromatic heterocycles. The summed E-state index contributed by atoms with van der Waals surface area (Å²) in [5.74, 6) is 5.94. The number of nitrogens with zero attached hydrogens (tertiary/aromatic N) is 2. The molecule has 0 saturated carbocycles. The number of nitrogens with two attached hydrogens (primary N) is 1. The van der Waals surface area contributed by atoms with Crippen LogP contribution in [0.4, 0.5) is 5.82 Å². The van der Waals surface area contributed by atoms with Crippen molar-refractivity contribution >= 4 is 11.7 Å². The van der Waals surface area contributed by atoms with Gasteiger partial charge in [0.1, 0.15) is 5.82 Å². The van der Waals surface area contributed by atoms with Crippen LogP contribution in [0.2, 0.25) is 0 Å². The van der Waals surface area contributed by atoms with Crippen molar-refractivity contribution in [3.8, 4) is 11.8 Å². The zero-order valence-corrected chi connectivity index (χ0v) is 10.8. The summed E-state index contributed by atoms with van der Waals surface area (Å²) in [5, 5.41) is 2.72. The molecule has 100 valence electrons. The van der Waals surface area contributed by atoms with E-state index in [0.717, 1.165) is 5.56 Å². The van der Waals surface area contributed by atoms with Gasteiger partial charge in [0.2, 0.25) is 5.91 Å². The lowest BCUT2D eigenvalue weighted by atomic mass is 10.2. The Kier molecular flexibility index (Phi) is 4.81. The number of carbonyl (C=O) groups is 1. The Labute approximate surface area is 117 Å². The molecule has 0 aliphatic heterocycles. The van der Waals surface area contributed by atoms with E-state index in [9.17, 15) is 4.79 Å². The standard InChI is InChI=1S/C15H14N4O/c16-7-3-4-12-6-9-18-14(10-12)19-15(20)11-13-5-1-2-8-17-13/h1-2,5-6,8-10H,7,11,16H2,(H,18,19,20). The van der Waals surface area contributed by atoms with Gasteiger partial charge in [0.25, 0.3) is 0 Å². The van der Waals surface area contributed by atoms with Gasteiger partial charge in [-0.25, -0.2) is 4.98 Å². The van der Waals surface area contributed by atoms with E-state index >= 15 is 0 Å². The Morgan fingerprint density at radius 1 is 1.25 bits per heavy atom. The first-order chi connectivity index (χ1) is 9.78. The predicted octanol–water partition coefficient (Wildman–Crippen LogP) is 0.968. The second-order valence-corrected chi connectivity index (χ2v) is 3.98. The van der Waals surface area contributed by atoms with Gasteiger partial charge in [-0.05, 0) is 24.3 Å². The highest BCUT2D eigenvalue weighted by Gasteiger charge is 2.05. The number of hydrogen-bond donors (Lipinski definition) is 2. The van der Waals surface area contributed by atoms with Crippen molar-refractivity contribution in [1.82, 2.24) is 9.97 Å². The fraction of sp³-hybridized carbons (Fsp3) is 0.133. The Morgan fingerprint density at radius 3 is 2.90 bits per heavy atom. The Morgan fingerprint density at radius 2 is 2.15 bits per heavy atom. The van der Waals surface area contributed by atoms with Gasteiger partial charge in [0.15, 0.2) is 0 Å². The molecule has 0 saturated heterocycles. The zero-order valence-electron chi connectivity index (χ0n) is 10.8. The van der Waals surface area contributed by atoms with Crippen LogP contribution in [0.15, 0.2) is 42.7 Å². The van der Waals surface area contributed by atoms with Crippen LogP contribution in [0.3, 0.4) is 0 Å². The quantitative estimate of drug-likeness (QED) is 0.811. The third kappa shape index (κ3) is 4.19. The first-order valence-electron chi connectivity index (χ1n) is 6.12. The molecule has 0 spiro atoms. The van der Waals surface area contributed by atoms with E-state index in [1.165, 1.54) is 0 Å². The molecule has 0 aliphatic rings. The molecule has 0 unspecified atom stereocenters. The third-order valence-corrected chi connectivity index (χ3v) is 2.43. The molecule has 0 bridgehead atoms. The largest absolute Gasteiger partial charge is 0.320 e. The lowest BCUT2D eigenvalue weighted by Crippen LogP contribution is -2.15. The van der Waals surface area contributed by atoms with Crippen LogP contribution in [-0.4, -0.2) is 22.4 Å². The Balaban J connectivity index is 2.01. The number of rotatable bonds is 3. The van der Waals surface area contributed by atoms with Crippen molar-refractivity contribution in [3.05, 3.63) is 54.0 Å². The molecule has 0 aliphatic carbocycles. The highest BCUT2D eigenvalue weighted by Crippen LogP contribution is 2.06. The summed E-state index contributed by atoms with van der Waals surface area (Å²) < 4.78 is 0. The van der Waals surface area contributed by atoms with E-state index in [0.29, 0.717) is 18.1 Å². The lowest BCUT2D eigenvalue weighted by Gasteiger charge is -2.04. The van der Waals surface area contributed by atoms with E-state index in [1.54, 1.807) is 30.6 Å². The van der Waals surface area contributed by atoms with Crippen LogP contribution < -0.4 is 11.1 Å². The van der Waals surface area contributed by atoms with Crippen LogP contribution in [0.25, 0.3) is 0 Å². The van der Waals surface area contributed by atoms with E-state index in [1.807, 2.05) is 12.1 Å². The molecule has 3 N–H and O–H groups in total. The van der Waals surface area contributed by atoms with Crippen LogP contribution in [0, 0.1) is 11.8 Å². The Bertz CT molecular complexity index is 644.